The summed E-state index contributed by atoms with van der Waals surface area (Å²) in [5.41, 5.74) is 3.05. The number of hydrogen-bond acceptors (Lipinski definition) is 3. The van der Waals surface area contributed by atoms with Crippen molar-refractivity contribution in [1.29, 1.82) is 5.26 Å². The van der Waals surface area contributed by atoms with Crippen molar-refractivity contribution in [3.8, 4) is 11.8 Å². The van der Waals surface area contributed by atoms with Crippen LogP contribution in [0.3, 0.4) is 0 Å². The van der Waals surface area contributed by atoms with Crippen LogP contribution in [0.25, 0.3) is 5.69 Å². The zero-order valence-corrected chi connectivity index (χ0v) is 12.3. The molecule has 0 saturated heterocycles. The van der Waals surface area contributed by atoms with Crippen molar-refractivity contribution < 1.29 is 4.79 Å². The molecule has 3 rings (SSSR count). The third-order valence-electron chi connectivity index (χ3n) is 3.43. The van der Waals surface area contributed by atoms with Gasteiger partial charge < -0.3 is 5.32 Å². The molecule has 23 heavy (non-hydrogen) atoms. The van der Waals surface area contributed by atoms with Crippen LogP contribution < -0.4 is 5.32 Å². The van der Waals surface area contributed by atoms with E-state index in [1.807, 2.05) is 36.5 Å². The predicted octanol–water partition coefficient (Wildman–Crippen LogP) is 2.67. The average molecular weight is 302 g/mol. The Morgan fingerprint density at radius 2 is 1.87 bits per heavy atom. The second kappa shape index (κ2) is 6.58. The Bertz CT molecular complexity index is 828. The van der Waals surface area contributed by atoms with Crippen LogP contribution in [0.4, 0.5) is 0 Å². The lowest BCUT2D eigenvalue weighted by Crippen LogP contribution is -2.22. The maximum Gasteiger partial charge on any atom is 0.251 e. The summed E-state index contributed by atoms with van der Waals surface area (Å²) >= 11 is 0. The third kappa shape index (κ3) is 3.44. The van der Waals surface area contributed by atoms with Gasteiger partial charge in [-0.3, -0.25) is 4.79 Å². The first-order valence-corrected chi connectivity index (χ1v) is 7.13. The molecule has 0 fully saturated rings. The van der Waals surface area contributed by atoms with Crippen molar-refractivity contribution in [3.05, 3.63) is 83.7 Å². The van der Waals surface area contributed by atoms with E-state index in [1.54, 1.807) is 35.1 Å². The monoisotopic (exact) mass is 302 g/mol. The molecule has 0 aliphatic carbocycles. The second-order valence-corrected chi connectivity index (χ2v) is 4.99. The molecule has 1 amide bonds. The van der Waals surface area contributed by atoms with Crippen molar-refractivity contribution in [3.63, 3.8) is 0 Å². The lowest BCUT2D eigenvalue weighted by Gasteiger charge is -2.07. The van der Waals surface area contributed by atoms with Crippen LogP contribution in [0.5, 0.6) is 0 Å². The molecule has 0 atom stereocenters. The van der Waals surface area contributed by atoms with E-state index < -0.39 is 0 Å². The number of amides is 1. The van der Waals surface area contributed by atoms with Gasteiger partial charge in [-0.2, -0.15) is 10.4 Å². The van der Waals surface area contributed by atoms with E-state index in [4.69, 9.17) is 5.26 Å². The number of hydrogen-bond donors (Lipinski definition) is 1. The lowest BCUT2D eigenvalue weighted by molar-refractivity contribution is 0.0951. The molecule has 0 radical (unpaired) electrons. The zero-order chi connectivity index (χ0) is 16.1. The highest BCUT2D eigenvalue weighted by atomic mass is 16.1. The van der Waals surface area contributed by atoms with Gasteiger partial charge in [0, 0.05) is 24.5 Å². The van der Waals surface area contributed by atoms with E-state index in [0.29, 0.717) is 17.7 Å². The Hall–Kier alpha value is -3.39. The van der Waals surface area contributed by atoms with Gasteiger partial charge in [-0.25, -0.2) is 4.68 Å². The smallest absolute Gasteiger partial charge is 0.251 e. The maximum atomic E-state index is 12.2. The number of rotatable bonds is 4. The van der Waals surface area contributed by atoms with Gasteiger partial charge in [0.05, 0.1) is 17.3 Å². The normalized spacial score (nSPS) is 10.0. The molecule has 0 bridgehead atoms. The van der Waals surface area contributed by atoms with Crippen molar-refractivity contribution in [2.45, 2.75) is 6.54 Å². The van der Waals surface area contributed by atoms with Gasteiger partial charge in [0.15, 0.2) is 0 Å². The SMILES string of the molecule is N#Cc1ccc(CNC(=O)c2ccc(-n3cccn3)cc2)cc1. The number of nitrogens with one attached hydrogen (secondary N) is 1. The first-order valence-electron chi connectivity index (χ1n) is 7.13. The number of nitriles is 1. The van der Waals surface area contributed by atoms with Gasteiger partial charge in [-0.15, -0.1) is 0 Å². The van der Waals surface area contributed by atoms with Crippen molar-refractivity contribution in [2.24, 2.45) is 0 Å². The van der Waals surface area contributed by atoms with Crippen LogP contribution in [0.2, 0.25) is 0 Å². The van der Waals surface area contributed by atoms with Crippen LogP contribution in [0.1, 0.15) is 21.5 Å². The first kappa shape index (κ1) is 14.5. The van der Waals surface area contributed by atoms with E-state index in [2.05, 4.69) is 16.5 Å². The molecule has 5 nitrogen and oxygen atoms in total. The number of carbonyl (C=O) groups is 1. The lowest BCUT2D eigenvalue weighted by atomic mass is 10.1. The zero-order valence-electron chi connectivity index (χ0n) is 12.3. The fraction of sp³-hybridized carbons (Fsp3) is 0.0556. The molecular formula is C18H14N4O. The first-order chi connectivity index (χ1) is 11.3. The van der Waals surface area contributed by atoms with Crippen molar-refractivity contribution >= 4 is 5.91 Å². The second-order valence-electron chi connectivity index (χ2n) is 4.99. The molecule has 5 heteroatoms. The van der Waals surface area contributed by atoms with Gasteiger partial charge in [0.25, 0.3) is 5.91 Å². The van der Waals surface area contributed by atoms with Crippen LogP contribution in [0.15, 0.2) is 67.0 Å². The van der Waals surface area contributed by atoms with Gasteiger partial charge in [-0.05, 0) is 48.0 Å². The molecule has 0 saturated carbocycles. The summed E-state index contributed by atoms with van der Waals surface area (Å²) < 4.78 is 1.73. The molecule has 0 unspecified atom stereocenters. The summed E-state index contributed by atoms with van der Waals surface area (Å²) in [7, 11) is 0. The molecule has 3 aromatic rings. The summed E-state index contributed by atoms with van der Waals surface area (Å²) in [6, 6.07) is 18.3. The highest BCUT2D eigenvalue weighted by Crippen LogP contribution is 2.09. The molecule has 1 N–H and O–H groups in total. The Morgan fingerprint density at radius 1 is 1.13 bits per heavy atom. The van der Waals surface area contributed by atoms with E-state index in [1.165, 1.54) is 0 Å². The number of aromatic nitrogens is 2. The largest absolute Gasteiger partial charge is 0.348 e. The Balaban J connectivity index is 1.62. The fourth-order valence-electron chi connectivity index (χ4n) is 2.17. The molecule has 2 aromatic carbocycles. The summed E-state index contributed by atoms with van der Waals surface area (Å²) in [5, 5.41) is 15.8. The highest BCUT2D eigenvalue weighted by molar-refractivity contribution is 5.94. The van der Waals surface area contributed by atoms with Crippen LogP contribution in [-0.4, -0.2) is 15.7 Å². The molecule has 1 heterocycles. The minimum Gasteiger partial charge on any atom is -0.348 e. The Labute approximate surface area is 133 Å². The van der Waals surface area contributed by atoms with Gasteiger partial charge in [-0.1, -0.05) is 12.1 Å². The summed E-state index contributed by atoms with van der Waals surface area (Å²) in [6.45, 7) is 0.422. The fourth-order valence-corrected chi connectivity index (χ4v) is 2.17. The van der Waals surface area contributed by atoms with Gasteiger partial charge in [0.1, 0.15) is 0 Å². The topological polar surface area (TPSA) is 70.7 Å². The van der Waals surface area contributed by atoms with E-state index in [0.717, 1.165) is 11.3 Å². The van der Waals surface area contributed by atoms with E-state index in [9.17, 15) is 4.79 Å². The predicted molar refractivity (Wildman–Crippen MR) is 85.9 cm³/mol. The highest BCUT2D eigenvalue weighted by Gasteiger charge is 2.06. The third-order valence-corrected chi connectivity index (χ3v) is 3.43. The summed E-state index contributed by atoms with van der Waals surface area (Å²) in [5.74, 6) is -0.138. The van der Waals surface area contributed by atoms with E-state index >= 15 is 0 Å². The number of nitrogens with zero attached hydrogens (tertiary/aromatic N) is 3. The maximum absolute atomic E-state index is 12.2. The average Bonchev–Trinajstić information content (AvgIpc) is 3.15. The molecule has 1 aromatic heterocycles. The van der Waals surface area contributed by atoms with E-state index in [-0.39, 0.29) is 5.91 Å². The Morgan fingerprint density at radius 3 is 2.48 bits per heavy atom. The summed E-state index contributed by atoms with van der Waals surface area (Å²) in [6.07, 6.45) is 3.55. The molecule has 0 aliphatic heterocycles. The summed E-state index contributed by atoms with van der Waals surface area (Å²) in [4.78, 5) is 12.2. The minimum atomic E-state index is -0.138. The van der Waals surface area contributed by atoms with Crippen molar-refractivity contribution in [2.75, 3.05) is 0 Å². The molecule has 112 valence electrons. The van der Waals surface area contributed by atoms with Crippen LogP contribution >= 0.6 is 0 Å². The Kier molecular flexibility index (Phi) is 4.16. The quantitative estimate of drug-likeness (QED) is 0.805. The van der Waals surface area contributed by atoms with Crippen molar-refractivity contribution in [1.82, 2.24) is 15.1 Å². The number of benzene rings is 2. The van der Waals surface area contributed by atoms with Crippen LogP contribution in [0, 0.1) is 11.3 Å². The molecule has 0 spiro atoms. The standard InChI is InChI=1S/C18H14N4O/c19-12-14-2-4-15(5-3-14)13-20-18(23)16-6-8-17(9-7-16)22-11-1-10-21-22/h1-11H,13H2,(H,20,23). The van der Waals surface area contributed by atoms with Gasteiger partial charge >= 0.3 is 0 Å². The number of carbonyl (C=O) groups excluding carboxylic acids is 1. The minimum absolute atomic E-state index is 0.138. The van der Waals surface area contributed by atoms with Crippen LogP contribution in [-0.2, 0) is 6.54 Å². The van der Waals surface area contributed by atoms with Gasteiger partial charge in [0.2, 0.25) is 0 Å². The molecular weight excluding hydrogens is 288 g/mol. The molecule has 0 aliphatic rings.